The van der Waals surface area contributed by atoms with Crippen molar-refractivity contribution >= 4 is 17.2 Å². The zero-order valence-corrected chi connectivity index (χ0v) is 11.3. The normalized spacial score (nSPS) is 12.6. The van der Waals surface area contributed by atoms with Gasteiger partial charge in [0.05, 0.1) is 0 Å². The summed E-state index contributed by atoms with van der Waals surface area (Å²) in [6.07, 6.45) is 1.84. The fourth-order valence-electron chi connectivity index (χ4n) is 1.78. The van der Waals surface area contributed by atoms with Crippen molar-refractivity contribution in [1.82, 2.24) is 4.98 Å². The molecule has 0 fully saturated rings. The Morgan fingerprint density at radius 1 is 1.28 bits per heavy atom. The van der Waals surface area contributed by atoms with Crippen LogP contribution in [-0.2, 0) is 4.79 Å². The maximum Gasteiger partial charge on any atom is 0.231 e. The molecule has 4 heteroatoms. The molecule has 3 nitrogen and oxygen atoms in total. The summed E-state index contributed by atoms with van der Waals surface area (Å²) in [4.78, 5) is 17.2. The quantitative estimate of drug-likeness (QED) is 0.919. The van der Waals surface area contributed by atoms with Gasteiger partial charge in [-0.15, -0.1) is 11.3 Å². The summed E-state index contributed by atoms with van der Waals surface area (Å²) in [5.74, 6) is -0.380. The van der Waals surface area contributed by atoms with Gasteiger partial charge in [0.2, 0.25) is 5.91 Å². The van der Waals surface area contributed by atoms with Crippen molar-refractivity contribution in [3.05, 3.63) is 52.0 Å². The van der Waals surface area contributed by atoms with E-state index in [1.807, 2.05) is 36.5 Å². The molecule has 18 heavy (non-hydrogen) atoms. The van der Waals surface area contributed by atoms with Crippen molar-refractivity contribution in [2.45, 2.75) is 25.7 Å². The predicted molar refractivity (Wildman–Crippen MR) is 73.7 cm³/mol. The van der Waals surface area contributed by atoms with Crippen LogP contribution >= 0.6 is 11.3 Å². The van der Waals surface area contributed by atoms with Crippen LogP contribution < -0.4 is 5.73 Å². The third kappa shape index (κ3) is 2.59. The second-order valence-corrected chi connectivity index (χ2v) is 5.60. The molecule has 0 radical (unpaired) electrons. The van der Waals surface area contributed by atoms with E-state index in [-0.39, 0.29) is 5.91 Å². The van der Waals surface area contributed by atoms with E-state index in [0.717, 1.165) is 10.6 Å². The summed E-state index contributed by atoms with van der Waals surface area (Å²) < 4.78 is 0. The second kappa shape index (κ2) is 5.31. The van der Waals surface area contributed by atoms with E-state index in [1.165, 1.54) is 4.88 Å². The lowest BCUT2D eigenvalue weighted by molar-refractivity contribution is -0.118. The Balaban J connectivity index is 2.39. The third-order valence-electron chi connectivity index (χ3n) is 2.77. The Morgan fingerprint density at radius 2 is 1.94 bits per heavy atom. The highest BCUT2D eigenvalue weighted by Crippen LogP contribution is 2.30. The molecule has 1 amide bonds. The molecule has 1 aromatic heterocycles. The first-order chi connectivity index (χ1) is 8.59. The van der Waals surface area contributed by atoms with E-state index in [0.29, 0.717) is 5.92 Å². The molecule has 0 saturated heterocycles. The molecule has 1 aromatic carbocycles. The largest absolute Gasteiger partial charge is 0.369 e. The number of primary amides is 1. The van der Waals surface area contributed by atoms with Crippen LogP contribution in [0.15, 0.2) is 36.5 Å². The molecule has 0 spiro atoms. The van der Waals surface area contributed by atoms with Crippen LogP contribution in [0, 0.1) is 0 Å². The molecule has 2 aromatic rings. The van der Waals surface area contributed by atoms with Crippen molar-refractivity contribution < 1.29 is 4.79 Å². The summed E-state index contributed by atoms with van der Waals surface area (Å²) in [5, 5.41) is 0.775. The molecular weight excluding hydrogens is 244 g/mol. The van der Waals surface area contributed by atoms with Crippen molar-refractivity contribution in [3.63, 3.8) is 0 Å². The zero-order chi connectivity index (χ0) is 13.1. The van der Waals surface area contributed by atoms with Crippen LogP contribution in [0.1, 0.15) is 41.1 Å². The molecule has 94 valence electrons. The van der Waals surface area contributed by atoms with Crippen molar-refractivity contribution in [1.29, 1.82) is 0 Å². The van der Waals surface area contributed by atoms with Crippen LogP contribution in [0.5, 0.6) is 0 Å². The minimum atomic E-state index is -0.441. The first kappa shape index (κ1) is 12.8. The molecule has 0 saturated carbocycles. The van der Waals surface area contributed by atoms with Crippen LogP contribution in [0.2, 0.25) is 0 Å². The van der Waals surface area contributed by atoms with Crippen molar-refractivity contribution in [3.8, 4) is 0 Å². The minimum Gasteiger partial charge on any atom is -0.369 e. The number of hydrogen-bond acceptors (Lipinski definition) is 3. The lowest BCUT2D eigenvalue weighted by atomic mass is 9.99. The standard InChI is InChI=1S/C14H16N2OS/c1-9(2)11-8-16-14(18-11)12(13(15)17)10-6-4-3-5-7-10/h3-9,12H,1-2H3,(H2,15,17). The van der Waals surface area contributed by atoms with E-state index >= 15 is 0 Å². The number of thiazole rings is 1. The molecule has 0 aliphatic heterocycles. The van der Waals surface area contributed by atoms with Crippen LogP contribution in [0.4, 0.5) is 0 Å². The van der Waals surface area contributed by atoms with Gasteiger partial charge in [-0.25, -0.2) is 4.98 Å². The number of carbonyl (C=O) groups excluding carboxylic acids is 1. The molecular formula is C14H16N2OS. The fourth-order valence-corrected chi connectivity index (χ4v) is 2.83. The fraction of sp³-hybridized carbons (Fsp3) is 0.286. The number of hydrogen-bond donors (Lipinski definition) is 1. The Bertz CT molecular complexity index is 534. The SMILES string of the molecule is CC(C)c1cnc(C(C(N)=O)c2ccccc2)s1. The average Bonchev–Trinajstić information content (AvgIpc) is 2.79. The maximum atomic E-state index is 11.7. The number of carbonyl (C=O) groups is 1. The topological polar surface area (TPSA) is 56.0 Å². The highest BCUT2D eigenvalue weighted by molar-refractivity contribution is 7.11. The van der Waals surface area contributed by atoms with Gasteiger partial charge in [-0.05, 0) is 11.5 Å². The number of rotatable bonds is 4. The summed E-state index contributed by atoms with van der Waals surface area (Å²) in [6, 6.07) is 9.55. The van der Waals surface area contributed by atoms with Gasteiger partial charge in [0.1, 0.15) is 10.9 Å². The monoisotopic (exact) mass is 260 g/mol. The van der Waals surface area contributed by atoms with Gasteiger partial charge in [-0.3, -0.25) is 4.79 Å². The number of benzene rings is 1. The number of amides is 1. The summed E-state index contributed by atoms with van der Waals surface area (Å²) in [7, 11) is 0. The van der Waals surface area contributed by atoms with E-state index in [4.69, 9.17) is 5.73 Å². The molecule has 0 aliphatic rings. The second-order valence-electron chi connectivity index (χ2n) is 4.50. The molecule has 0 bridgehead atoms. The van der Waals surface area contributed by atoms with Crippen molar-refractivity contribution in [2.24, 2.45) is 5.73 Å². The summed E-state index contributed by atoms with van der Waals surface area (Å²) >= 11 is 1.56. The zero-order valence-electron chi connectivity index (χ0n) is 10.5. The van der Waals surface area contributed by atoms with Gasteiger partial charge < -0.3 is 5.73 Å². The molecule has 1 atom stereocenters. The number of nitrogens with two attached hydrogens (primary N) is 1. The Kier molecular flexibility index (Phi) is 3.77. The number of aromatic nitrogens is 1. The average molecular weight is 260 g/mol. The molecule has 1 heterocycles. The van der Waals surface area contributed by atoms with Crippen molar-refractivity contribution in [2.75, 3.05) is 0 Å². The Hall–Kier alpha value is -1.68. The van der Waals surface area contributed by atoms with Gasteiger partial charge in [0.25, 0.3) is 0 Å². The minimum absolute atomic E-state index is 0.356. The predicted octanol–water partition coefficient (Wildman–Crippen LogP) is 2.88. The van der Waals surface area contributed by atoms with E-state index in [1.54, 1.807) is 11.3 Å². The van der Waals surface area contributed by atoms with Gasteiger partial charge >= 0.3 is 0 Å². The first-order valence-electron chi connectivity index (χ1n) is 5.89. The van der Waals surface area contributed by atoms with Crippen LogP contribution in [0.25, 0.3) is 0 Å². The third-order valence-corrected chi connectivity index (χ3v) is 4.14. The maximum absolute atomic E-state index is 11.7. The van der Waals surface area contributed by atoms with Crippen LogP contribution in [0.3, 0.4) is 0 Å². The molecule has 2 rings (SSSR count). The van der Waals surface area contributed by atoms with Gasteiger partial charge in [0, 0.05) is 11.1 Å². The lowest BCUT2D eigenvalue weighted by Gasteiger charge is -2.10. The van der Waals surface area contributed by atoms with E-state index in [9.17, 15) is 4.79 Å². The lowest BCUT2D eigenvalue weighted by Crippen LogP contribution is -2.22. The highest BCUT2D eigenvalue weighted by atomic mass is 32.1. The molecule has 1 unspecified atom stereocenters. The highest BCUT2D eigenvalue weighted by Gasteiger charge is 2.23. The number of nitrogens with zero attached hydrogens (tertiary/aromatic N) is 1. The van der Waals surface area contributed by atoms with E-state index < -0.39 is 5.92 Å². The Labute approximate surface area is 111 Å². The molecule has 0 aliphatic carbocycles. The van der Waals surface area contributed by atoms with Gasteiger partial charge in [0.15, 0.2) is 0 Å². The van der Waals surface area contributed by atoms with Crippen LogP contribution in [-0.4, -0.2) is 10.9 Å². The molecule has 2 N–H and O–H groups in total. The smallest absolute Gasteiger partial charge is 0.231 e. The summed E-state index contributed by atoms with van der Waals surface area (Å²) in [6.45, 7) is 4.22. The van der Waals surface area contributed by atoms with Gasteiger partial charge in [-0.1, -0.05) is 44.2 Å². The van der Waals surface area contributed by atoms with Gasteiger partial charge in [-0.2, -0.15) is 0 Å². The Morgan fingerprint density at radius 3 is 2.44 bits per heavy atom. The first-order valence-corrected chi connectivity index (χ1v) is 6.71. The van der Waals surface area contributed by atoms with E-state index in [2.05, 4.69) is 18.8 Å². The summed E-state index contributed by atoms with van der Waals surface area (Å²) in [5.41, 5.74) is 6.41.